The number of hydrogen-bond acceptors (Lipinski definition) is 5. The van der Waals surface area contributed by atoms with Gasteiger partial charge in [-0.05, 0) is 53.4 Å². The molecule has 0 unspecified atom stereocenters. The quantitative estimate of drug-likeness (QED) is 0.758. The Morgan fingerprint density at radius 1 is 1.22 bits per heavy atom. The second-order valence-corrected chi connectivity index (χ2v) is 9.42. The summed E-state index contributed by atoms with van der Waals surface area (Å²) in [6.45, 7) is 2.11. The first-order valence-corrected chi connectivity index (χ1v) is 11.2. The molecule has 4 rings (SSSR count). The number of nitrogens with zero attached hydrogens (tertiary/aromatic N) is 4. The standard InChI is InChI=1S/C17H20BrN5O3S/c18-14-6-5-12(27(19,25)26)9-13(14)17(24)22-7-1-3-11(10-22)16-21-20-15-4-2-8-23(15)16/h5-6,9,11H,1-4,7-8,10H2,(H2,19,25,26)/t11-/m0/s1. The van der Waals surface area contributed by atoms with Crippen LogP contribution in [0.5, 0.6) is 0 Å². The van der Waals surface area contributed by atoms with Crippen molar-refractivity contribution >= 4 is 31.9 Å². The summed E-state index contributed by atoms with van der Waals surface area (Å²) in [6, 6.07) is 4.26. The van der Waals surface area contributed by atoms with E-state index < -0.39 is 10.0 Å². The van der Waals surface area contributed by atoms with Gasteiger partial charge in [-0.15, -0.1) is 10.2 Å². The Morgan fingerprint density at radius 3 is 2.81 bits per heavy atom. The summed E-state index contributed by atoms with van der Waals surface area (Å²) in [5.41, 5.74) is 0.300. The molecule has 144 valence electrons. The summed E-state index contributed by atoms with van der Waals surface area (Å²) in [5, 5.41) is 13.8. The van der Waals surface area contributed by atoms with E-state index in [2.05, 4.69) is 30.7 Å². The number of fused-ring (bicyclic) bond motifs is 1. The van der Waals surface area contributed by atoms with Gasteiger partial charge >= 0.3 is 0 Å². The van der Waals surface area contributed by atoms with Crippen LogP contribution in [0.15, 0.2) is 27.6 Å². The van der Waals surface area contributed by atoms with Crippen molar-refractivity contribution < 1.29 is 13.2 Å². The third-order valence-electron chi connectivity index (χ3n) is 5.21. The molecule has 27 heavy (non-hydrogen) atoms. The fourth-order valence-electron chi connectivity index (χ4n) is 3.86. The van der Waals surface area contributed by atoms with E-state index in [9.17, 15) is 13.2 Å². The molecule has 0 spiro atoms. The zero-order chi connectivity index (χ0) is 19.2. The Balaban J connectivity index is 1.59. The molecule has 2 aromatic rings. The van der Waals surface area contributed by atoms with Crippen molar-refractivity contribution in [3.63, 3.8) is 0 Å². The van der Waals surface area contributed by atoms with E-state index >= 15 is 0 Å². The predicted octanol–water partition coefficient (Wildman–Crippen LogP) is 1.65. The van der Waals surface area contributed by atoms with Gasteiger partial charge in [-0.25, -0.2) is 13.6 Å². The molecule has 2 aliphatic rings. The number of piperidine rings is 1. The van der Waals surface area contributed by atoms with Crippen LogP contribution in [0.25, 0.3) is 0 Å². The topological polar surface area (TPSA) is 111 Å². The van der Waals surface area contributed by atoms with Crippen molar-refractivity contribution in [1.82, 2.24) is 19.7 Å². The van der Waals surface area contributed by atoms with E-state index in [1.807, 2.05) is 0 Å². The maximum atomic E-state index is 13.1. The fourth-order valence-corrected chi connectivity index (χ4v) is 4.82. The number of aryl methyl sites for hydroxylation is 1. The van der Waals surface area contributed by atoms with Gasteiger partial charge < -0.3 is 9.47 Å². The van der Waals surface area contributed by atoms with Crippen LogP contribution in [0, 0.1) is 0 Å². The Hall–Kier alpha value is -1.78. The molecule has 1 amide bonds. The van der Waals surface area contributed by atoms with Crippen molar-refractivity contribution in [1.29, 1.82) is 0 Å². The van der Waals surface area contributed by atoms with Gasteiger partial charge in [-0.3, -0.25) is 4.79 Å². The molecule has 8 nitrogen and oxygen atoms in total. The smallest absolute Gasteiger partial charge is 0.255 e. The minimum Gasteiger partial charge on any atom is -0.338 e. The Morgan fingerprint density at radius 2 is 2.04 bits per heavy atom. The van der Waals surface area contributed by atoms with Gasteiger partial charge in [0, 0.05) is 36.4 Å². The van der Waals surface area contributed by atoms with Gasteiger partial charge in [0.25, 0.3) is 5.91 Å². The molecular formula is C17H20BrN5O3S. The third kappa shape index (κ3) is 3.53. The number of carbonyl (C=O) groups is 1. The van der Waals surface area contributed by atoms with E-state index in [1.165, 1.54) is 12.1 Å². The first-order chi connectivity index (χ1) is 12.8. The first-order valence-electron chi connectivity index (χ1n) is 8.88. The Labute approximate surface area is 165 Å². The molecule has 2 aliphatic heterocycles. The highest BCUT2D eigenvalue weighted by molar-refractivity contribution is 9.10. The van der Waals surface area contributed by atoms with Crippen molar-refractivity contribution in [2.24, 2.45) is 5.14 Å². The minimum absolute atomic E-state index is 0.0714. The molecule has 0 radical (unpaired) electrons. The second kappa shape index (κ2) is 6.99. The number of likely N-dealkylation sites (tertiary alicyclic amines) is 1. The minimum atomic E-state index is -3.87. The van der Waals surface area contributed by atoms with Crippen LogP contribution >= 0.6 is 15.9 Å². The van der Waals surface area contributed by atoms with E-state index in [1.54, 1.807) is 11.0 Å². The van der Waals surface area contributed by atoms with Crippen LogP contribution in [0.2, 0.25) is 0 Å². The monoisotopic (exact) mass is 453 g/mol. The number of carbonyl (C=O) groups excluding carboxylic acids is 1. The van der Waals surface area contributed by atoms with Gasteiger partial charge in [-0.2, -0.15) is 0 Å². The lowest BCUT2D eigenvalue weighted by atomic mass is 9.96. The number of rotatable bonds is 3. The number of hydrogen-bond donors (Lipinski definition) is 1. The van der Waals surface area contributed by atoms with Crippen LogP contribution in [-0.2, 0) is 23.0 Å². The normalized spacial score (nSPS) is 19.9. The summed E-state index contributed by atoms with van der Waals surface area (Å²) < 4.78 is 26.0. The van der Waals surface area contributed by atoms with Crippen LogP contribution in [0.4, 0.5) is 0 Å². The average molecular weight is 454 g/mol. The average Bonchev–Trinajstić information content (AvgIpc) is 3.24. The van der Waals surface area contributed by atoms with Crippen LogP contribution in [0.1, 0.15) is 47.2 Å². The molecule has 1 aromatic carbocycles. The molecule has 1 aromatic heterocycles. The summed E-state index contributed by atoms with van der Waals surface area (Å²) in [7, 11) is -3.87. The van der Waals surface area contributed by atoms with Crippen LogP contribution in [-0.4, -0.2) is 47.1 Å². The number of benzene rings is 1. The summed E-state index contributed by atoms with van der Waals surface area (Å²) >= 11 is 3.35. The second-order valence-electron chi connectivity index (χ2n) is 7.01. The maximum Gasteiger partial charge on any atom is 0.255 e. The lowest BCUT2D eigenvalue weighted by molar-refractivity contribution is 0.0702. The summed E-state index contributed by atoms with van der Waals surface area (Å²) in [5.74, 6) is 1.91. The highest BCUT2D eigenvalue weighted by Crippen LogP contribution is 2.30. The molecule has 0 bridgehead atoms. The van der Waals surface area contributed by atoms with Crippen molar-refractivity contribution in [2.75, 3.05) is 13.1 Å². The van der Waals surface area contributed by atoms with Crippen molar-refractivity contribution in [2.45, 2.75) is 43.0 Å². The number of sulfonamides is 1. The number of aromatic nitrogens is 3. The highest BCUT2D eigenvalue weighted by atomic mass is 79.9. The molecular weight excluding hydrogens is 434 g/mol. The van der Waals surface area contributed by atoms with E-state index in [0.717, 1.165) is 43.9 Å². The van der Waals surface area contributed by atoms with Gasteiger partial charge in [-0.1, -0.05) is 0 Å². The lowest BCUT2D eigenvalue weighted by Crippen LogP contribution is -2.40. The van der Waals surface area contributed by atoms with Gasteiger partial charge in [0.1, 0.15) is 11.6 Å². The van der Waals surface area contributed by atoms with E-state index in [-0.39, 0.29) is 16.7 Å². The number of halogens is 1. The highest BCUT2D eigenvalue weighted by Gasteiger charge is 2.31. The van der Waals surface area contributed by atoms with Crippen molar-refractivity contribution in [3.05, 3.63) is 39.9 Å². The third-order valence-corrected chi connectivity index (χ3v) is 6.81. The fraction of sp³-hybridized carbons (Fsp3) is 0.471. The number of nitrogens with two attached hydrogens (primary N) is 1. The van der Waals surface area contributed by atoms with Crippen molar-refractivity contribution in [3.8, 4) is 0 Å². The lowest BCUT2D eigenvalue weighted by Gasteiger charge is -2.32. The van der Waals surface area contributed by atoms with Gasteiger partial charge in [0.05, 0.1) is 10.5 Å². The van der Waals surface area contributed by atoms with Crippen LogP contribution < -0.4 is 5.14 Å². The maximum absolute atomic E-state index is 13.1. The number of amides is 1. The zero-order valence-electron chi connectivity index (χ0n) is 14.6. The molecule has 2 N–H and O–H groups in total. The Bertz CT molecular complexity index is 1000. The number of primary sulfonamides is 1. The molecule has 0 aliphatic carbocycles. The molecule has 0 saturated carbocycles. The largest absolute Gasteiger partial charge is 0.338 e. The SMILES string of the molecule is NS(=O)(=O)c1ccc(Br)c(C(=O)N2CCC[C@H](c3nnc4n3CCC4)C2)c1. The molecule has 10 heteroatoms. The molecule has 1 fully saturated rings. The predicted molar refractivity (Wildman–Crippen MR) is 102 cm³/mol. The van der Waals surface area contributed by atoms with Gasteiger partial charge in [0.15, 0.2) is 0 Å². The summed E-state index contributed by atoms with van der Waals surface area (Å²) in [6.07, 6.45) is 3.86. The van der Waals surface area contributed by atoms with E-state index in [4.69, 9.17) is 5.14 Å². The Kier molecular flexibility index (Phi) is 4.81. The van der Waals surface area contributed by atoms with Crippen LogP contribution in [0.3, 0.4) is 0 Å². The summed E-state index contributed by atoms with van der Waals surface area (Å²) in [4.78, 5) is 14.8. The molecule has 1 atom stereocenters. The first kappa shape index (κ1) is 18.6. The molecule has 3 heterocycles. The molecule has 1 saturated heterocycles. The van der Waals surface area contributed by atoms with Gasteiger partial charge in [0.2, 0.25) is 10.0 Å². The van der Waals surface area contributed by atoms with E-state index in [0.29, 0.717) is 23.1 Å². The zero-order valence-corrected chi connectivity index (χ0v) is 17.0.